The molecule has 84 valence electrons. The van der Waals surface area contributed by atoms with Crippen molar-refractivity contribution in [2.45, 2.75) is 26.0 Å². The minimum absolute atomic E-state index is 0.265. The van der Waals surface area contributed by atoms with Gasteiger partial charge in [0.15, 0.2) is 0 Å². The molecular weight excluding hydrogens is 258 g/mol. The molecule has 1 aromatic carbocycles. The molecular formula is C11H16BrNO2. The Labute approximate surface area is 98.3 Å². The summed E-state index contributed by atoms with van der Waals surface area (Å²) in [5, 5.41) is 22.1. The number of phenols is 1. The van der Waals surface area contributed by atoms with Gasteiger partial charge in [-0.1, -0.05) is 15.9 Å². The van der Waals surface area contributed by atoms with Crippen LogP contribution in [0.1, 0.15) is 19.4 Å². The number of hydrogen-bond acceptors (Lipinski definition) is 3. The molecule has 0 radical (unpaired) electrons. The Morgan fingerprint density at radius 3 is 2.67 bits per heavy atom. The van der Waals surface area contributed by atoms with E-state index in [2.05, 4.69) is 21.2 Å². The second-order valence-electron chi connectivity index (χ2n) is 4.19. The highest BCUT2D eigenvalue weighted by atomic mass is 79.9. The molecule has 3 nitrogen and oxygen atoms in total. The molecule has 4 heteroatoms. The van der Waals surface area contributed by atoms with Gasteiger partial charge in [-0.3, -0.25) is 0 Å². The van der Waals surface area contributed by atoms with Crippen LogP contribution in [0.3, 0.4) is 0 Å². The van der Waals surface area contributed by atoms with Crippen LogP contribution in [-0.4, -0.2) is 22.4 Å². The van der Waals surface area contributed by atoms with Crippen molar-refractivity contribution >= 4 is 15.9 Å². The molecule has 0 fully saturated rings. The number of halogens is 1. The first-order valence-electron chi connectivity index (χ1n) is 4.79. The second-order valence-corrected chi connectivity index (χ2v) is 5.10. The fourth-order valence-corrected chi connectivity index (χ4v) is 1.61. The maximum Gasteiger partial charge on any atom is 0.120 e. The predicted octanol–water partition coefficient (Wildman–Crippen LogP) is 2.02. The van der Waals surface area contributed by atoms with Gasteiger partial charge in [0.05, 0.1) is 5.60 Å². The van der Waals surface area contributed by atoms with Gasteiger partial charge in [-0.2, -0.15) is 0 Å². The molecule has 0 aromatic heterocycles. The summed E-state index contributed by atoms with van der Waals surface area (Å²) in [4.78, 5) is 0. The Kier molecular flexibility index (Phi) is 4.13. The second kappa shape index (κ2) is 4.96. The lowest BCUT2D eigenvalue weighted by Crippen LogP contribution is -2.34. The van der Waals surface area contributed by atoms with Gasteiger partial charge in [-0.05, 0) is 32.0 Å². The van der Waals surface area contributed by atoms with Gasteiger partial charge in [0.25, 0.3) is 0 Å². The summed E-state index contributed by atoms with van der Waals surface area (Å²) >= 11 is 3.34. The summed E-state index contributed by atoms with van der Waals surface area (Å²) in [5.41, 5.74) is 0.0790. The molecule has 3 N–H and O–H groups in total. The van der Waals surface area contributed by atoms with E-state index in [1.807, 2.05) is 6.07 Å². The number of aliphatic hydroxyl groups is 1. The van der Waals surface area contributed by atoms with Crippen molar-refractivity contribution in [1.29, 1.82) is 0 Å². The van der Waals surface area contributed by atoms with Gasteiger partial charge in [-0.25, -0.2) is 0 Å². The van der Waals surface area contributed by atoms with E-state index in [9.17, 15) is 10.2 Å². The normalized spacial score (nSPS) is 11.7. The first-order valence-corrected chi connectivity index (χ1v) is 5.58. The molecule has 0 atom stereocenters. The fourth-order valence-electron chi connectivity index (χ4n) is 1.20. The summed E-state index contributed by atoms with van der Waals surface area (Å²) in [5.74, 6) is 0.265. The first-order chi connectivity index (χ1) is 6.88. The molecule has 1 rings (SSSR count). The minimum atomic E-state index is -0.734. The van der Waals surface area contributed by atoms with Crippen LogP contribution in [0.2, 0.25) is 0 Å². The Balaban J connectivity index is 2.54. The van der Waals surface area contributed by atoms with Crippen molar-refractivity contribution in [2.75, 3.05) is 6.54 Å². The third-order valence-electron chi connectivity index (χ3n) is 1.91. The van der Waals surface area contributed by atoms with E-state index >= 15 is 0 Å². The quantitative estimate of drug-likeness (QED) is 0.787. The van der Waals surface area contributed by atoms with Crippen LogP contribution < -0.4 is 5.32 Å². The van der Waals surface area contributed by atoms with E-state index in [1.165, 1.54) is 0 Å². The van der Waals surface area contributed by atoms with Crippen molar-refractivity contribution in [3.63, 3.8) is 0 Å². The van der Waals surface area contributed by atoms with E-state index < -0.39 is 5.60 Å². The maximum absolute atomic E-state index is 9.54. The molecule has 0 spiro atoms. The molecule has 0 saturated heterocycles. The van der Waals surface area contributed by atoms with Crippen molar-refractivity contribution < 1.29 is 10.2 Å². The topological polar surface area (TPSA) is 52.5 Å². The van der Waals surface area contributed by atoms with Crippen LogP contribution >= 0.6 is 15.9 Å². The van der Waals surface area contributed by atoms with Gasteiger partial charge in [0.2, 0.25) is 0 Å². The van der Waals surface area contributed by atoms with Gasteiger partial charge < -0.3 is 15.5 Å². The monoisotopic (exact) mass is 273 g/mol. The molecule has 0 aliphatic heterocycles. The lowest BCUT2D eigenvalue weighted by Gasteiger charge is -2.18. The van der Waals surface area contributed by atoms with Gasteiger partial charge in [-0.15, -0.1) is 0 Å². The zero-order chi connectivity index (χ0) is 11.5. The number of aromatic hydroxyl groups is 1. The molecule has 1 aromatic rings. The third kappa shape index (κ3) is 4.64. The minimum Gasteiger partial charge on any atom is -0.508 e. The Morgan fingerprint density at radius 2 is 2.07 bits per heavy atom. The van der Waals surface area contributed by atoms with Crippen molar-refractivity contribution in [3.05, 3.63) is 28.2 Å². The van der Waals surface area contributed by atoms with Crippen LogP contribution in [-0.2, 0) is 6.54 Å². The summed E-state index contributed by atoms with van der Waals surface area (Å²) in [6, 6.07) is 5.28. The molecule has 15 heavy (non-hydrogen) atoms. The molecule has 0 bridgehead atoms. The number of phenolic OH excluding ortho intramolecular Hbond substituents is 1. The SMILES string of the molecule is CC(C)(O)CNCc1cc(Br)ccc1O. The molecule has 0 aliphatic rings. The van der Waals surface area contributed by atoms with Crippen molar-refractivity contribution in [1.82, 2.24) is 5.32 Å². The maximum atomic E-state index is 9.54. The van der Waals surface area contributed by atoms with E-state index in [1.54, 1.807) is 26.0 Å². The van der Waals surface area contributed by atoms with Crippen LogP contribution in [0.15, 0.2) is 22.7 Å². The highest BCUT2D eigenvalue weighted by Gasteiger charge is 2.11. The van der Waals surface area contributed by atoms with Crippen LogP contribution in [0.5, 0.6) is 5.75 Å². The zero-order valence-electron chi connectivity index (χ0n) is 8.92. The first kappa shape index (κ1) is 12.5. The average Bonchev–Trinajstić information content (AvgIpc) is 2.09. The predicted molar refractivity (Wildman–Crippen MR) is 63.8 cm³/mol. The average molecular weight is 274 g/mol. The van der Waals surface area contributed by atoms with E-state index in [0.717, 1.165) is 10.0 Å². The van der Waals surface area contributed by atoms with E-state index in [-0.39, 0.29) is 5.75 Å². The molecule has 0 saturated carbocycles. The van der Waals surface area contributed by atoms with Gasteiger partial charge in [0.1, 0.15) is 5.75 Å². The van der Waals surface area contributed by atoms with Gasteiger partial charge in [0, 0.05) is 23.1 Å². The van der Waals surface area contributed by atoms with Crippen LogP contribution in [0.4, 0.5) is 0 Å². The number of rotatable bonds is 4. The standard InChI is InChI=1S/C11H16BrNO2/c1-11(2,15)7-13-6-8-5-9(12)3-4-10(8)14/h3-5,13-15H,6-7H2,1-2H3. The van der Waals surface area contributed by atoms with Crippen LogP contribution in [0.25, 0.3) is 0 Å². The highest BCUT2D eigenvalue weighted by molar-refractivity contribution is 9.10. The number of nitrogens with one attached hydrogen (secondary N) is 1. The molecule has 0 amide bonds. The lowest BCUT2D eigenvalue weighted by molar-refractivity contribution is 0.0794. The number of hydrogen-bond donors (Lipinski definition) is 3. The summed E-state index contributed by atoms with van der Waals surface area (Å²) < 4.78 is 0.931. The molecule has 0 unspecified atom stereocenters. The smallest absolute Gasteiger partial charge is 0.120 e. The largest absolute Gasteiger partial charge is 0.508 e. The van der Waals surface area contributed by atoms with Crippen molar-refractivity contribution in [3.8, 4) is 5.75 Å². The lowest BCUT2D eigenvalue weighted by atomic mass is 10.1. The van der Waals surface area contributed by atoms with E-state index in [0.29, 0.717) is 13.1 Å². The van der Waals surface area contributed by atoms with E-state index in [4.69, 9.17) is 0 Å². The van der Waals surface area contributed by atoms with Gasteiger partial charge >= 0.3 is 0 Å². The fraction of sp³-hybridized carbons (Fsp3) is 0.455. The molecule has 0 heterocycles. The summed E-state index contributed by atoms with van der Waals surface area (Å²) in [6.45, 7) is 4.50. The Morgan fingerprint density at radius 1 is 1.40 bits per heavy atom. The Bertz CT molecular complexity index is 334. The molecule has 0 aliphatic carbocycles. The summed E-state index contributed by atoms with van der Waals surface area (Å²) in [7, 11) is 0. The zero-order valence-corrected chi connectivity index (χ0v) is 10.5. The van der Waals surface area contributed by atoms with Crippen molar-refractivity contribution in [2.24, 2.45) is 0 Å². The number of benzene rings is 1. The third-order valence-corrected chi connectivity index (χ3v) is 2.41. The summed E-state index contributed by atoms with van der Waals surface area (Å²) in [6.07, 6.45) is 0. The highest BCUT2D eigenvalue weighted by Crippen LogP contribution is 2.21. The van der Waals surface area contributed by atoms with Crippen LogP contribution in [0, 0.1) is 0 Å². The Hall–Kier alpha value is -0.580.